The number of benzene rings is 1. The monoisotopic (exact) mass is 281 g/mol. The van der Waals surface area contributed by atoms with Crippen molar-refractivity contribution in [2.24, 2.45) is 5.92 Å². The standard InChI is InChI=1S/C14H19NO5/c1-9(2)7-15-13(17)8-20-14(18)11-5-4-10(19-3)6-12(11)16/h4-6,9,16H,7-8H2,1-3H3,(H,15,17). The van der Waals surface area contributed by atoms with Crippen LogP contribution in [0, 0.1) is 5.92 Å². The Kier molecular flexibility index (Phi) is 5.83. The van der Waals surface area contributed by atoms with Crippen LogP contribution < -0.4 is 10.1 Å². The Bertz CT molecular complexity index is 484. The molecule has 0 aliphatic rings. The number of hydrogen-bond donors (Lipinski definition) is 2. The zero-order valence-electron chi connectivity index (χ0n) is 11.8. The van der Waals surface area contributed by atoms with Gasteiger partial charge in [0, 0.05) is 12.6 Å². The fraction of sp³-hybridized carbons (Fsp3) is 0.429. The quantitative estimate of drug-likeness (QED) is 0.768. The van der Waals surface area contributed by atoms with Crippen molar-refractivity contribution in [2.45, 2.75) is 13.8 Å². The maximum absolute atomic E-state index is 11.7. The number of phenolic OH excluding ortho intramolecular Hbond substituents is 1. The first-order chi connectivity index (χ1) is 9.43. The molecule has 0 saturated heterocycles. The van der Waals surface area contributed by atoms with E-state index in [-0.39, 0.29) is 23.8 Å². The molecule has 6 nitrogen and oxygen atoms in total. The second-order valence-electron chi connectivity index (χ2n) is 4.66. The summed E-state index contributed by atoms with van der Waals surface area (Å²) in [6.07, 6.45) is 0. The summed E-state index contributed by atoms with van der Waals surface area (Å²) in [5, 5.41) is 12.3. The van der Waals surface area contributed by atoms with Gasteiger partial charge in [0.2, 0.25) is 0 Å². The van der Waals surface area contributed by atoms with Crippen LogP contribution in [0.3, 0.4) is 0 Å². The molecule has 0 unspecified atom stereocenters. The molecule has 1 aromatic rings. The van der Waals surface area contributed by atoms with Crippen LogP contribution in [0.5, 0.6) is 11.5 Å². The van der Waals surface area contributed by atoms with Gasteiger partial charge in [-0.05, 0) is 18.1 Å². The van der Waals surface area contributed by atoms with E-state index >= 15 is 0 Å². The summed E-state index contributed by atoms with van der Waals surface area (Å²) in [5.74, 6) is -0.643. The average Bonchev–Trinajstić information content (AvgIpc) is 2.42. The molecular weight excluding hydrogens is 262 g/mol. The van der Waals surface area contributed by atoms with Crippen molar-refractivity contribution in [1.82, 2.24) is 5.32 Å². The van der Waals surface area contributed by atoms with Crippen LogP contribution in [0.25, 0.3) is 0 Å². The molecule has 0 radical (unpaired) electrons. The van der Waals surface area contributed by atoms with Crippen molar-refractivity contribution in [3.05, 3.63) is 23.8 Å². The summed E-state index contributed by atoms with van der Waals surface area (Å²) in [6.45, 7) is 4.06. The Hall–Kier alpha value is -2.24. The summed E-state index contributed by atoms with van der Waals surface area (Å²) in [5.41, 5.74) is -0.0116. The van der Waals surface area contributed by atoms with Gasteiger partial charge in [0.05, 0.1) is 7.11 Å². The highest BCUT2D eigenvalue weighted by Gasteiger charge is 2.15. The van der Waals surface area contributed by atoms with E-state index in [1.54, 1.807) is 0 Å². The number of ether oxygens (including phenoxy) is 2. The van der Waals surface area contributed by atoms with Crippen molar-refractivity contribution in [2.75, 3.05) is 20.3 Å². The molecule has 1 rings (SSSR count). The molecule has 0 saturated carbocycles. The number of hydrogen-bond acceptors (Lipinski definition) is 5. The van der Waals surface area contributed by atoms with E-state index in [0.29, 0.717) is 18.2 Å². The van der Waals surface area contributed by atoms with E-state index in [1.807, 2.05) is 13.8 Å². The minimum atomic E-state index is -0.759. The molecule has 1 aromatic carbocycles. The molecule has 0 atom stereocenters. The summed E-state index contributed by atoms with van der Waals surface area (Å²) in [6, 6.07) is 4.20. The van der Waals surface area contributed by atoms with Gasteiger partial charge in [-0.2, -0.15) is 0 Å². The Morgan fingerprint density at radius 3 is 2.60 bits per heavy atom. The van der Waals surface area contributed by atoms with Gasteiger partial charge >= 0.3 is 5.97 Å². The Morgan fingerprint density at radius 2 is 2.05 bits per heavy atom. The van der Waals surface area contributed by atoms with E-state index in [4.69, 9.17) is 9.47 Å². The summed E-state index contributed by atoms with van der Waals surface area (Å²) in [4.78, 5) is 23.1. The molecule has 1 amide bonds. The van der Waals surface area contributed by atoms with E-state index in [0.717, 1.165) is 0 Å². The molecule has 110 valence electrons. The zero-order chi connectivity index (χ0) is 15.1. The zero-order valence-corrected chi connectivity index (χ0v) is 11.8. The maximum atomic E-state index is 11.7. The molecular formula is C14H19NO5. The van der Waals surface area contributed by atoms with Crippen LogP contribution >= 0.6 is 0 Å². The number of amides is 1. The third-order valence-corrected chi connectivity index (χ3v) is 2.47. The molecule has 0 spiro atoms. The van der Waals surface area contributed by atoms with Crippen molar-refractivity contribution in [1.29, 1.82) is 0 Å². The molecule has 0 aromatic heterocycles. The number of rotatable bonds is 6. The topological polar surface area (TPSA) is 84.9 Å². The first-order valence-corrected chi connectivity index (χ1v) is 6.25. The average molecular weight is 281 g/mol. The lowest BCUT2D eigenvalue weighted by Crippen LogP contribution is -2.31. The summed E-state index contributed by atoms with van der Waals surface area (Å²) < 4.78 is 9.73. The fourth-order valence-electron chi connectivity index (χ4n) is 1.39. The predicted molar refractivity (Wildman–Crippen MR) is 72.8 cm³/mol. The van der Waals surface area contributed by atoms with Gasteiger partial charge in [-0.15, -0.1) is 0 Å². The highest BCUT2D eigenvalue weighted by atomic mass is 16.5. The first-order valence-electron chi connectivity index (χ1n) is 6.25. The maximum Gasteiger partial charge on any atom is 0.342 e. The third kappa shape index (κ3) is 4.79. The van der Waals surface area contributed by atoms with Gasteiger partial charge in [-0.1, -0.05) is 13.8 Å². The normalized spacial score (nSPS) is 10.2. The second kappa shape index (κ2) is 7.37. The largest absolute Gasteiger partial charge is 0.507 e. The molecule has 0 fully saturated rings. The molecule has 0 aliphatic carbocycles. The molecule has 20 heavy (non-hydrogen) atoms. The first kappa shape index (κ1) is 15.8. The van der Waals surface area contributed by atoms with Crippen LogP contribution in [0.1, 0.15) is 24.2 Å². The van der Waals surface area contributed by atoms with E-state index in [2.05, 4.69) is 5.32 Å². The summed E-state index contributed by atoms with van der Waals surface area (Å²) in [7, 11) is 1.45. The minimum Gasteiger partial charge on any atom is -0.507 e. The van der Waals surface area contributed by atoms with Gasteiger partial charge < -0.3 is 19.9 Å². The van der Waals surface area contributed by atoms with E-state index in [1.165, 1.54) is 25.3 Å². The van der Waals surface area contributed by atoms with Gasteiger partial charge in [-0.3, -0.25) is 4.79 Å². The number of carbonyl (C=O) groups excluding carboxylic acids is 2. The molecule has 6 heteroatoms. The minimum absolute atomic E-state index is 0.0116. The lowest BCUT2D eigenvalue weighted by atomic mass is 10.2. The lowest BCUT2D eigenvalue weighted by molar-refractivity contribution is -0.124. The van der Waals surface area contributed by atoms with Gasteiger partial charge in [0.15, 0.2) is 6.61 Å². The van der Waals surface area contributed by atoms with E-state index in [9.17, 15) is 14.7 Å². The predicted octanol–water partition coefficient (Wildman–Crippen LogP) is 1.33. The van der Waals surface area contributed by atoms with Gasteiger partial charge in [0.1, 0.15) is 17.1 Å². The Morgan fingerprint density at radius 1 is 1.35 bits per heavy atom. The number of carbonyl (C=O) groups is 2. The molecule has 0 heterocycles. The molecule has 2 N–H and O–H groups in total. The highest BCUT2D eigenvalue weighted by molar-refractivity contribution is 5.94. The number of aromatic hydroxyl groups is 1. The van der Waals surface area contributed by atoms with Crippen molar-refractivity contribution < 1.29 is 24.2 Å². The number of phenols is 1. The van der Waals surface area contributed by atoms with Gasteiger partial charge in [-0.25, -0.2) is 4.79 Å². The second-order valence-corrected chi connectivity index (χ2v) is 4.66. The van der Waals surface area contributed by atoms with Crippen molar-refractivity contribution in [3.63, 3.8) is 0 Å². The van der Waals surface area contributed by atoms with Crippen LogP contribution in [-0.4, -0.2) is 37.2 Å². The van der Waals surface area contributed by atoms with Crippen molar-refractivity contribution in [3.8, 4) is 11.5 Å². The fourth-order valence-corrected chi connectivity index (χ4v) is 1.39. The summed E-state index contributed by atoms with van der Waals surface area (Å²) >= 11 is 0. The number of esters is 1. The molecule has 0 bridgehead atoms. The third-order valence-electron chi connectivity index (χ3n) is 2.47. The smallest absolute Gasteiger partial charge is 0.342 e. The Labute approximate surface area is 117 Å². The SMILES string of the molecule is COc1ccc(C(=O)OCC(=O)NCC(C)C)c(O)c1. The molecule has 0 aliphatic heterocycles. The van der Waals surface area contributed by atoms with Crippen LogP contribution in [0.4, 0.5) is 0 Å². The number of methoxy groups -OCH3 is 1. The number of nitrogens with one attached hydrogen (secondary N) is 1. The van der Waals surface area contributed by atoms with E-state index < -0.39 is 5.97 Å². The lowest BCUT2D eigenvalue weighted by Gasteiger charge is -2.09. The van der Waals surface area contributed by atoms with Gasteiger partial charge in [0.25, 0.3) is 5.91 Å². The van der Waals surface area contributed by atoms with Crippen molar-refractivity contribution >= 4 is 11.9 Å². The van der Waals surface area contributed by atoms with Crippen LogP contribution in [-0.2, 0) is 9.53 Å². The van der Waals surface area contributed by atoms with Crippen LogP contribution in [0.2, 0.25) is 0 Å². The Balaban J connectivity index is 2.53. The highest BCUT2D eigenvalue weighted by Crippen LogP contribution is 2.23. The van der Waals surface area contributed by atoms with Crippen LogP contribution in [0.15, 0.2) is 18.2 Å².